The van der Waals surface area contributed by atoms with Crippen LogP contribution in [0.25, 0.3) is 11.2 Å². The van der Waals surface area contributed by atoms with Gasteiger partial charge in [-0.3, -0.25) is 48.2 Å². The third kappa shape index (κ3) is 10.2. The number of hydrogen-bond donors (Lipinski definition) is 1. The fourth-order valence-electron chi connectivity index (χ4n) is 11.0. The van der Waals surface area contributed by atoms with E-state index >= 15 is 4.39 Å². The Hall–Kier alpha value is -7.11. The summed E-state index contributed by atoms with van der Waals surface area (Å²) >= 11 is 0. The van der Waals surface area contributed by atoms with Crippen molar-refractivity contribution >= 4 is 34.8 Å². The molecular weight excluding hydrogens is 993 g/mol. The fourth-order valence-corrected chi connectivity index (χ4v) is 11.0. The third-order valence-electron chi connectivity index (χ3n) is 15.4. The summed E-state index contributed by atoms with van der Waals surface area (Å²) in [5, 5.41) is 10.4. The molecule has 18 nitrogen and oxygen atoms in total. The number of likely N-dealkylation sites (tertiary alicyclic amines) is 1. The molecule has 398 valence electrons. The highest BCUT2D eigenvalue weighted by Crippen LogP contribution is 2.38. The molecule has 22 heteroatoms. The number of aryl methyl sites for hydroxylation is 1. The minimum Gasteiger partial charge on any atom is -0.379 e. The van der Waals surface area contributed by atoms with Gasteiger partial charge in [-0.1, -0.05) is 36.4 Å². The summed E-state index contributed by atoms with van der Waals surface area (Å²) in [4.78, 5) is 71.5. The average Bonchev–Trinajstić information content (AvgIpc) is 4.05. The topological polar surface area (TPSA) is 178 Å². The largest absolute Gasteiger partial charge is 0.418 e. The lowest BCUT2D eigenvalue weighted by atomic mass is 9.75. The van der Waals surface area contributed by atoms with Crippen LogP contribution in [0.3, 0.4) is 0 Å². The van der Waals surface area contributed by atoms with Gasteiger partial charge in [-0.25, -0.2) is 9.18 Å². The van der Waals surface area contributed by atoms with Gasteiger partial charge in [0.15, 0.2) is 0 Å². The van der Waals surface area contributed by atoms with Crippen molar-refractivity contribution in [3.63, 3.8) is 0 Å². The lowest BCUT2D eigenvalue weighted by molar-refractivity contribution is -0.137. The quantitative estimate of drug-likeness (QED) is 0.0795. The number of nitrogens with one attached hydrogen (secondary N) is 1. The maximum absolute atomic E-state index is 15.5. The highest BCUT2D eigenvalue weighted by atomic mass is 19.4. The molecule has 0 aliphatic carbocycles. The van der Waals surface area contributed by atoms with Crippen LogP contribution in [0.1, 0.15) is 80.0 Å². The molecule has 1 atom stereocenters. The first-order valence-electron chi connectivity index (χ1n) is 25.5. The zero-order chi connectivity index (χ0) is 52.9. The van der Waals surface area contributed by atoms with Crippen molar-refractivity contribution < 1.29 is 51.0 Å². The van der Waals surface area contributed by atoms with Crippen LogP contribution in [0.5, 0.6) is 0 Å². The Kier molecular flexibility index (Phi) is 14.0. The molecule has 4 fully saturated rings. The first kappa shape index (κ1) is 51.0. The predicted octanol–water partition coefficient (Wildman–Crippen LogP) is 4.81. The molecule has 3 aromatic carbocycles. The predicted molar refractivity (Wildman–Crippen MR) is 266 cm³/mol. The summed E-state index contributed by atoms with van der Waals surface area (Å²) in [5.74, 6) is -2.47. The molecule has 6 aromatic rings. The first-order valence-corrected chi connectivity index (χ1v) is 25.5. The lowest BCUT2D eigenvalue weighted by Crippen LogP contribution is -2.54. The molecule has 0 radical (unpaired) electrons. The van der Waals surface area contributed by atoms with Gasteiger partial charge in [0.25, 0.3) is 11.8 Å². The summed E-state index contributed by atoms with van der Waals surface area (Å²) in [6.45, 7) is 6.45. The number of rotatable bonds is 16. The van der Waals surface area contributed by atoms with Gasteiger partial charge in [-0.15, -0.1) is 10.2 Å². The maximum atomic E-state index is 15.5. The number of alkyl halides is 3. The minimum absolute atomic E-state index is 0.00432. The van der Waals surface area contributed by atoms with Gasteiger partial charge < -0.3 is 23.7 Å². The second-order valence-electron chi connectivity index (χ2n) is 20.4. The second kappa shape index (κ2) is 20.8. The third-order valence-corrected chi connectivity index (χ3v) is 15.4. The Morgan fingerprint density at radius 2 is 1.51 bits per heavy atom. The number of piperazine rings is 1. The molecule has 4 saturated heterocycles. The number of carbonyl (C=O) groups excluding carboxylic acids is 4. The number of amides is 4. The zero-order valence-corrected chi connectivity index (χ0v) is 41.8. The van der Waals surface area contributed by atoms with Crippen LogP contribution < -0.4 is 15.9 Å². The number of piperidine rings is 2. The number of nitrogens with zero attached hydrogens (tertiary/aromatic N) is 9. The van der Waals surface area contributed by atoms with Crippen molar-refractivity contribution in [1.29, 1.82) is 0 Å². The normalized spacial score (nSPS) is 19.7. The summed E-state index contributed by atoms with van der Waals surface area (Å²) in [5.41, 5.74) is 1.91. The zero-order valence-electron chi connectivity index (χ0n) is 41.8. The number of imidazole rings is 1. The van der Waals surface area contributed by atoms with E-state index in [1.54, 1.807) is 18.5 Å². The van der Waals surface area contributed by atoms with Gasteiger partial charge in [0.2, 0.25) is 11.8 Å². The summed E-state index contributed by atoms with van der Waals surface area (Å²) in [6.07, 6.45) is 1.65. The molecule has 3 aromatic heterocycles. The van der Waals surface area contributed by atoms with Crippen LogP contribution in [-0.4, -0.2) is 140 Å². The van der Waals surface area contributed by atoms with Crippen LogP contribution in [0.2, 0.25) is 0 Å². The van der Waals surface area contributed by atoms with E-state index in [0.717, 1.165) is 43.9 Å². The van der Waals surface area contributed by atoms with Crippen LogP contribution in [-0.2, 0) is 68.6 Å². The molecule has 0 saturated carbocycles. The average molecular weight is 1050 g/mol. The van der Waals surface area contributed by atoms with Gasteiger partial charge >= 0.3 is 11.9 Å². The van der Waals surface area contributed by atoms with E-state index in [2.05, 4.69) is 25.3 Å². The highest BCUT2D eigenvalue weighted by molar-refractivity contribution is 6.23. The monoisotopic (exact) mass is 1050 g/mol. The van der Waals surface area contributed by atoms with E-state index in [9.17, 15) is 37.1 Å². The van der Waals surface area contributed by atoms with Crippen molar-refractivity contribution in [3.05, 3.63) is 147 Å². The smallest absolute Gasteiger partial charge is 0.379 e. The van der Waals surface area contributed by atoms with Crippen molar-refractivity contribution in [2.45, 2.75) is 75.5 Å². The number of ether oxygens (including phenoxy) is 3. The molecule has 0 spiro atoms. The van der Waals surface area contributed by atoms with E-state index in [1.165, 1.54) is 23.0 Å². The number of anilines is 1. The lowest BCUT2D eigenvalue weighted by Gasteiger charge is -2.41. The maximum Gasteiger partial charge on any atom is 0.418 e. The van der Waals surface area contributed by atoms with Crippen LogP contribution in [0.15, 0.2) is 90.2 Å². The van der Waals surface area contributed by atoms with Crippen LogP contribution in [0, 0.1) is 5.82 Å². The SMILES string of the molecule is Cn1cnnc1CC1(c2cccc(-n3cc4c(C(F)(F)F)cc(CN5CCC(OCCOCc6ccc(CN7CCN(c8cc9c(cc8F)C(=O)N(C8CCC(=O)NC8=O)C9=O)CC7)cc6)CC5)cn4c3=O)c2)COC1. The van der Waals surface area contributed by atoms with E-state index in [1.807, 2.05) is 52.9 Å². The molecule has 5 aliphatic rings. The number of imide groups is 2. The molecule has 1 unspecified atom stereocenters. The van der Waals surface area contributed by atoms with Crippen molar-refractivity contribution in [2.75, 3.05) is 70.6 Å². The minimum atomic E-state index is -4.69. The molecular formula is C54H56F4N10O8. The Bertz CT molecular complexity index is 3260. The number of aromatic nitrogens is 5. The van der Waals surface area contributed by atoms with Gasteiger partial charge in [0.1, 0.15) is 24.0 Å². The van der Waals surface area contributed by atoms with Gasteiger partial charge in [0, 0.05) is 90.1 Å². The number of fused-ring (bicyclic) bond motifs is 2. The standard InChI is InChI=1S/C54H56F4N10O8/c1-62-33-59-61-47(62)25-53(31-75-32-53)37-3-2-4-38(22-37)66-29-46-42(54(56,57)58)21-36(28-67(46)52(66)73)27-63-13-11-39(12-14-63)76-20-19-74-30-35-7-5-34(6-8-35)26-64-15-17-65(18-16-64)45-24-41-40(23-43(45)55)50(71)68(51(41)72)44-9-10-48(69)60-49(44)70/h2-8,21-24,28-29,33,39,44H,9-20,25-27,30-32H2,1H3,(H,60,69,70). The number of benzene rings is 3. The van der Waals surface area contributed by atoms with Crippen LogP contribution >= 0.6 is 0 Å². The summed E-state index contributed by atoms with van der Waals surface area (Å²) in [6, 6.07) is 17.9. The fraction of sp³-hybridized carbons (Fsp3) is 0.426. The Balaban J connectivity index is 0.621. The van der Waals surface area contributed by atoms with E-state index < -0.39 is 58.3 Å². The molecule has 4 amide bonds. The molecule has 76 heavy (non-hydrogen) atoms. The first-order chi connectivity index (χ1) is 36.6. The molecule has 8 heterocycles. The number of pyridine rings is 1. The molecule has 11 rings (SSSR count). The van der Waals surface area contributed by atoms with Crippen molar-refractivity contribution in [2.24, 2.45) is 7.05 Å². The molecule has 5 aliphatic heterocycles. The summed E-state index contributed by atoms with van der Waals surface area (Å²) < 4.78 is 81.3. The van der Waals surface area contributed by atoms with Gasteiger partial charge in [0.05, 0.1) is 72.7 Å². The Morgan fingerprint density at radius 1 is 0.803 bits per heavy atom. The Labute approximate surface area is 433 Å². The van der Waals surface area contributed by atoms with E-state index in [0.29, 0.717) is 109 Å². The molecule has 1 N–H and O–H groups in total. The summed E-state index contributed by atoms with van der Waals surface area (Å²) in [7, 11) is 1.86. The second-order valence-corrected chi connectivity index (χ2v) is 20.4. The number of hydrogen-bond acceptors (Lipinski definition) is 13. The van der Waals surface area contributed by atoms with E-state index in [4.69, 9.17) is 14.2 Å². The Morgan fingerprint density at radius 3 is 2.20 bits per heavy atom. The van der Waals surface area contributed by atoms with Crippen molar-refractivity contribution in [3.8, 4) is 5.69 Å². The van der Waals surface area contributed by atoms with Crippen molar-refractivity contribution in [1.82, 2.24) is 43.7 Å². The van der Waals surface area contributed by atoms with Crippen LogP contribution in [0.4, 0.5) is 23.2 Å². The number of carbonyl (C=O) groups is 4. The van der Waals surface area contributed by atoms with Gasteiger partial charge in [-0.05, 0) is 71.8 Å². The highest BCUT2D eigenvalue weighted by Gasteiger charge is 2.46. The molecule has 0 bridgehead atoms. The number of halogens is 4. The van der Waals surface area contributed by atoms with E-state index in [-0.39, 0.29) is 47.8 Å². The van der Waals surface area contributed by atoms with Gasteiger partial charge in [-0.2, -0.15) is 13.2 Å².